The second-order valence-corrected chi connectivity index (χ2v) is 4.07. The van der Waals surface area contributed by atoms with Gasteiger partial charge in [-0.15, -0.1) is 0 Å². The maximum atomic E-state index is 6.17. The molecule has 0 heterocycles. The molecule has 1 rings (SSSR count). The van der Waals surface area contributed by atoms with Crippen molar-refractivity contribution >= 4 is 11.6 Å². The molecule has 0 saturated heterocycles. The number of ether oxygens (including phenoxy) is 1. The third kappa shape index (κ3) is 3.09. The van der Waals surface area contributed by atoms with Crippen molar-refractivity contribution < 1.29 is 4.74 Å². The van der Waals surface area contributed by atoms with Gasteiger partial charge in [-0.1, -0.05) is 17.7 Å². The summed E-state index contributed by atoms with van der Waals surface area (Å²) in [6.45, 7) is 0.443. The van der Waals surface area contributed by atoms with Crippen LogP contribution < -0.4 is 15.9 Å². The van der Waals surface area contributed by atoms with Crippen LogP contribution in [-0.2, 0) is 0 Å². The van der Waals surface area contributed by atoms with Crippen molar-refractivity contribution in [2.45, 2.75) is 6.04 Å². The number of nitrogens with zero attached hydrogens (tertiary/aromatic N) is 1. The van der Waals surface area contributed by atoms with Gasteiger partial charge in [-0.2, -0.15) is 0 Å². The number of nitrogens with one attached hydrogen (secondary N) is 1. The van der Waals surface area contributed by atoms with Gasteiger partial charge in [0.15, 0.2) is 0 Å². The predicted molar refractivity (Wildman–Crippen MR) is 66.6 cm³/mol. The summed E-state index contributed by atoms with van der Waals surface area (Å²) < 4.78 is 5.29. The van der Waals surface area contributed by atoms with Gasteiger partial charge in [0.05, 0.1) is 13.2 Å². The average Bonchev–Trinajstić information content (AvgIpc) is 2.25. The van der Waals surface area contributed by atoms with Gasteiger partial charge >= 0.3 is 0 Å². The molecule has 1 aromatic rings. The van der Waals surface area contributed by atoms with Gasteiger partial charge in [0.2, 0.25) is 0 Å². The first-order valence-corrected chi connectivity index (χ1v) is 5.44. The monoisotopic (exact) mass is 243 g/mol. The Morgan fingerprint density at radius 2 is 2.19 bits per heavy atom. The van der Waals surface area contributed by atoms with Crippen molar-refractivity contribution in [3.63, 3.8) is 0 Å². The number of methoxy groups -OCH3 is 1. The van der Waals surface area contributed by atoms with Crippen molar-refractivity contribution in [2.75, 3.05) is 27.7 Å². The van der Waals surface area contributed by atoms with Crippen LogP contribution in [0.15, 0.2) is 18.2 Å². The molecule has 0 aliphatic carbocycles. The van der Waals surface area contributed by atoms with Crippen LogP contribution in [0, 0.1) is 0 Å². The molecule has 0 bridgehead atoms. The molecule has 3 N–H and O–H groups in total. The molecule has 0 spiro atoms. The molecule has 0 radical (unpaired) electrons. The van der Waals surface area contributed by atoms with Crippen molar-refractivity contribution in [3.8, 4) is 5.75 Å². The van der Waals surface area contributed by atoms with Gasteiger partial charge in [-0.05, 0) is 12.1 Å². The second-order valence-electron chi connectivity index (χ2n) is 3.67. The summed E-state index contributed by atoms with van der Waals surface area (Å²) in [7, 11) is 5.44. The van der Waals surface area contributed by atoms with Crippen LogP contribution in [0.2, 0.25) is 5.02 Å². The number of benzene rings is 1. The predicted octanol–water partition coefficient (Wildman–Crippen LogP) is 1.41. The van der Waals surface area contributed by atoms with Crippen LogP contribution in [0.3, 0.4) is 0 Å². The highest BCUT2D eigenvalue weighted by Crippen LogP contribution is 2.31. The van der Waals surface area contributed by atoms with E-state index in [-0.39, 0.29) is 6.04 Å². The van der Waals surface area contributed by atoms with E-state index in [1.54, 1.807) is 7.11 Å². The van der Waals surface area contributed by atoms with Gasteiger partial charge in [0, 0.05) is 31.2 Å². The van der Waals surface area contributed by atoms with E-state index < -0.39 is 0 Å². The summed E-state index contributed by atoms with van der Waals surface area (Å²) in [5.74, 6) is 0.748. The molecule has 1 unspecified atom stereocenters. The van der Waals surface area contributed by atoms with E-state index in [1.807, 2.05) is 37.3 Å². The highest BCUT2D eigenvalue weighted by Gasteiger charge is 2.18. The maximum Gasteiger partial charge on any atom is 0.125 e. The molecule has 0 saturated carbocycles. The molecule has 0 aromatic heterocycles. The minimum absolute atomic E-state index is 0.0568. The molecule has 0 aliphatic rings. The number of hydrogen-bond donors (Lipinski definition) is 2. The van der Waals surface area contributed by atoms with Crippen molar-refractivity contribution in [2.24, 2.45) is 5.73 Å². The van der Waals surface area contributed by atoms with Crippen LogP contribution in [0.4, 0.5) is 0 Å². The fourth-order valence-electron chi connectivity index (χ4n) is 1.58. The van der Waals surface area contributed by atoms with E-state index in [2.05, 4.69) is 5.43 Å². The molecule has 0 fully saturated rings. The van der Waals surface area contributed by atoms with E-state index in [4.69, 9.17) is 22.1 Å². The lowest BCUT2D eigenvalue weighted by Crippen LogP contribution is -2.38. The van der Waals surface area contributed by atoms with Crippen molar-refractivity contribution in [1.82, 2.24) is 10.4 Å². The van der Waals surface area contributed by atoms with Gasteiger partial charge in [-0.3, -0.25) is 0 Å². The fraction of sp³-hybridized carbons (Fsp3) is 0.455. The molecule has 5 heteroatoms. The van der Waals surface area contributed by atoms with Crippen LogP contribution in [0.5, 0.6) is 5.75 Å². The van der Waals surface area contributed by atoms with E-state index in [9.17, 15) is 0 Å². The standard InChI is InChI=1S/C11H18ClN3O/c1-15(2)14-9(7-13)11-8(12)5-4-6-10(11)16-3/h4-6,9,14H,7,13H2,1-3H3. The minimum atomic E-state index is -0.0568. The first-order chi connectivity index (χ1) is 7.60. The lowest BCUT2D eigenvalue weighted by atomic mass is 10.1. The quantitative estimate of drug-likeness (QED) is 0.768. The number of rotatable bonds is 5. The first-order valence-electron chi connectivity index (χ1n) is 5.06. The smallest absolute Gasteiger partial charge is 0.125 e. The average molecular weight is 244 g/mol. The zero-order valence-corrected chi connectivity index (χ0v) is 10.6. The topological polar surface area (TPSA) is 50.5 Å². The van der Waals surface area contributed by atoms with Crippen LogP contribution >= 0.6 is 11.6 Å². The summed E-state index contributed by atoms with van der Waals surface area (Å²) in [5.41, 5.74) is 9.84. The van der Waals surface area contributed by atoms with Crippen LogP contribution in [0.1, 0.15) is 11.6 Å². The Balaban J connectivity index is 3.07. The third-order valence-electron chi connectivity index (χ3n) is 2.23. The molecule has 16 heavy (non-hydrogen) atoms. The Morgan fingerprint density at radius 1 is 1.50 bits per heavy atom. The number of hydrogen-bond acceptors (Lipinski definition) is 4. The highest BCUT2D eigenvalue weighted by atomic mass is 35.5. The summed E-state index contributed by atoms with van der Waals surface area (Å²) in [4.78, 5) is 0. The Bertz CT molecular complexity index is 344. The lowest BCUT2D eigenvalue weighted by molar-refractivity contribution is 0.242. The largest absolute Gasteiger partial charge is 0.496 e. The van der Waals surface area contributed by atoms with Crippen LogP contribution in [-0.4, -0.2) is 32.8 Å². The Kier molecular flexibility index (Phi) is 5.02. The first kappa shape index (κ1) is 13.3. The van der Waals surface area contributed by atoms with Crippen molar-refractivity contribution in [1.29, 1.82) is 0 Å². The summed E-state index contributed by atoms with van der Waals surface area (Å²) in [6, 6.07) is 5.51. The lowest BCUT2D eigenvalue weighted by Gasteiger charge is -2.24. The van der Waals surface area contributed by atoms with Crippen LogP contribution in [0.25, 0.3) is 0 Å². The summed E-state index contributed by atoms with van der Waals surface area (Å²) in [6.07, 6.45) is 0. The number of hydrazine groups is 1. The molecule has 0 amide bonds. The number of nitrogens with two attached hydrogens (primary N) is 1. The molecule has 1 atom stereocenters. The normalized spacial score (nSPS) is 12.9. The minimum Gasteiger partial charge on any atom is -0.496 e. The molecule has 0 aliphatic heterocycles. The van der Waals surface area contributed by atoms with E-state index in [0.717, 1.165) is 11.3 Å². The van der Waals surface area contributed by atoms with E-state index >= 15 is 0 Å². The maximum absolute atomic E-state index is 6.17. The Labute approximate surface area is 101 Å². The van der Waals surface area contributed by atoms with E-state index in [1.165, 1.54) is 0 Å². The molecule has 4 nitrogen and oxygen atoms in total. The molecular weight excluding hydrogens is 226 g/mol. The molecule has 90 valence electrons. The van der Waals surface area contributed by atoms with E-state index in [0.29, 0.717) is 11.6 Å². The third-order valence-corrected chi connectivity index (χ3v) is 2.56. The number of halogens is 1. The zero-order valence-electron chi connectivity index (χ0n) is 9.83. The molecule has 1 aromatic carbocycles. The summed E-state index contributed by atoms with van der Waals surface area (Å²) in [5, 5.41) is 2.50. The van der Waals surface area contributed by atoms with Gasteiger partial charge < -0.3 is 10.5 Å². The summed E-state index contributed by atoms with van der Waals surface area (Å²) >= 11 is 6.17. The van der Waals surface area contributed by atoms with Gasteiger partial charge in [0.25, 0.3) is 0 Å². The second kappa shape index (κ2) is 6.06. The van der Waals surface area contributed by atoms with Gasteiger partial charge in [-0.25, -0.2) is 10.4 Å². The van der Waals surface area contributed by atoms with Crippen molar-refractivity contribution in [3.05, 3.63) is 28.8 Å². The fourth-order valence-corrected chi connectivity index (χ4v) is 1.88. The Morgan fingerprint density at radius 3 is 2.69 bits per heavy atom. The molecular formula is C11H18ClN3O. The Hall–Kier alpha value is -0.810. The zero-order chi connectivity index (χ0) is 12.1. The van der Waals surface area contributed by atoms with Gasteiger partial charge in [0.1, 0.15) is 5.75 Å². The highest BCUT2D eigenvalue weighted by molar-refractivity contribution is 6.31. The SMILES string of the molecule is COc1cccc(Cl)c1C(CN)NN(C)C.